The number of methoxy groups -OCH3 is 1. The van der Waals surface area contributed by atoms with Gasteiger partial charge in [0.1, 0.15) is 11.6 Å². The molecule has 1 N–H and O–H groups in total. The first kappa shape index (κ1) is 23.4. The number of hydrogen-bond donors (Lipinski definition) is 1. The Morgan fingerprint density at radius 2 is 1.86 bits per heavy atom. The molecule has 182 valence electrons. The number of rotatable bonds is 6. The van der Waals surface area contributed by atoms with Crippen LogP contribution >= 0.6 is 0 Å². The van der Waals surface area contributed by atoms with Crippen molar-refractivity contribution in [1.82, 2.24) is 10.2 Å². The Morgan fingerprint density at radius 1 is 1.09 bits per heavy atom. The molecule has 0 radical (unpaired) electrons. The minimum absolute atomic E-state index is 0.0479. The standard InChI is InChI=1S/C29H32FN3O2/c1-20(22-6-4-3-5-7-22)31-29(34)26-16-23-10-13-25(35-2)17-27(23)33-15-14-32(19-28(26)33)18-21-8-11-24(30)12-9-21/h3-13,17,20,26,28H,14-16,18-19H2,1-2H3,(H,31,34). The van der Waals surface area contributed by atoms with E-state index in [4.69, 9.17) is 4.74 Å². The molecule has 2 aliphatic heterocycles. The molecule has 3 unspecified atom stereocenters. The van der Waals surface area contributed by atoms with Crippen molar-refractivity contribution in [3.63, 3.8) is 0 Å². The zero-order valence-electron chi connectivity index (χ0n) is 20.3. The number of nitrogens with zero attached hydrogens (tertiary/aromatic N) is 2. The van der Waals surface area contributed by atoms with E-state index in [1.54, 1.807) is 7.11 Å². The Labute approximate surface area is 206 Å². The second-order valence-electron chi connectivity index (χ2n) is 9.57. The Morgan fingerprint density at radius 3 is 2.60 bits per heavy atom. The fraction of sp³-hybridized carbons (Fsp3) is 0.345. The lowest BCUT2D eigenvalue weighted by atomic mass is 9.83. The van der Waals surface area contributed by atoms with E-state index in [1.165, 1.54) is 17.7 Å². The van der Waals surface area contributed by atoms with Gasteiger partial charge in [-0.2, -0.15) is 0 Å². The molecule has 6 heteroatoms. The monoisotopic (exact) mass is 473 g/mol. The molecular formula is C29H32FN3O2. The van der Waals surface area contributed by atoms with E-state index in [1.807, 2.05) is 55.5 Å². The number of nitrogens with one attached hydrogen (secondary N) is 1. The van der Waals surface area contributed by atoms with E-state index < -0.39 is 0 Å². The van der Waals surface area contributed by atoms with Gasteiger partial charge in [-0.05, 0) is 48.2 Å². The van der Waals surface area contributed by atoms with E-state index >= 15 is 0 Å². The van der Waals surface area contributed by atoms with Crippen molar-refractivity contribution in [1.29, 1.82) is 0 Å². The van der Waals surface area contributed by atoms with Crippen LogP contribution in [0.1, 0.15) is 29.7 Å². The third-order valence-electron chi connectivity index (χ3n) is 7.32. The van der Waals surface area contributed by atoms with Crippen molar-refractivity contribution in [2.24, 2.45) is 5.92 Å². The number of benzene rings is 3. The third kappa shape index (κ3) is 5.03. The SMILES string of the molecule is COc1ccc2c(c1)N1CCN(Cc3ccc(F)cc3)CC1C(C(=O)NC(C)c1ccccc1)C2. The minimum Gasteiger partial charge on any atom is -0.497 e. The van der Waals surface area contributed by atoms with Crippen molar-refractivity contribution in [3.05, 3.63) is 95.3 Å². The van der Waals surface area contributed by atoms with Gasteiger partial charge in [-0.1, -0.05) is 48.5 Å². The molecule has 5 nitrogen and oxygen atoms in total. The summed E-state index contributed by atoms with van der Waals surface area (Å²) < 4.78 is 18.9. The van der Waals surface area contributed by atoms with Gasteiger partial charge in [0.05, 0.1) is 25.1 Å². The number of ether oxygens (including phenoxy) is 1. The zero-order chi connectivity index (χ0) is 24.4. The fourth-order valence-corrected chi connectivity index (χ4v) is 5.40. The summed E-state index contributed by atoms with van der Waals surface area (Å²) in [5.41, 5.74) is 4.52. The average molecular weight is 474 g/mol. The molecule has 0 bridgehead atoms. The first-order valence-corrected chi connectivity index (χ1v) is 12.3. The summed E-state index contributed by atoms with van der Waals surface area (Å²) in [6, 6.07) is 22.9. The number of amides is 1. The second-order valence-corrected chi connectivity index (χ2v) is 9.57. The molecule has 3 aromatic rings. The molecule has 2 heterocycles. The smallest absolute Gasteiger partial charge is 0.226 e. The molecule has 35 heavy (non-hydrogen) atoms. The van der Waals surface area contributed by atoms with Gasteiger partial charge in [0.2, 0.25) is 5.91 Å². The summed E-state index contributed by atoms with van der Waals surface area (Å²) in [5, 5.41) is 3.27. The zero-order valence-corrected chi connectivity index (χ0v) is 20.3. The van der Waals surface area contributed by atoms with Crippen molar-refractivity contribution >= 4 is 11.6 Å². The first-order chi connectivity index (χ1) is 17.0. The minimum atomic E-state index is -0.222. The van der Waals surface area contributed by atoms with Crippen LogP contribution in [0.15, 0.2) is 72.8 Å². The van der Waals surface area contributed by atoms with Crippen LogP contribution in [0.4, 0.5) is 10.1 Å². The Hall–Kier alpha value is -3.38. The lowest BCUT2D eigenvalue weighted by Crippen LogP contribution is -2.61. The molecular weight excluding hydrogens is 441 g/mol. The van der Waals surface area contributed by atoms with E-state index in [2.05, 4.69) is 27.2 Å². The second kappa shape index (κ2) is 10.1. The molecule has 0 aliphatic carbocycles. The highest BCUT2D eigenvalue weighted by Gasteiger charge is 2.42. The number of piperazine rings is 1. The summed E-state index contributed by atoms with van der Waals surface area (Å²) in [5.74, 6) is 0.525. The van der Waals surface area contributed by atoms with E-state index in [0.29, 0.717) is 6.42 Å². The van der Waals surface area contributed by atoms with E-state index in [9.17, 15) is 9.18 Å². The van der Waals surface area contributed by atoms with Gasteiger partial charge in [0, 0.05) is 37.9 Å². The highest BCUT2D eigenvalue weighted by molar-refractivity contribution is 5.82. The number of carbonyl (C=O) groups is 1. The van der Waals surface area contributed by atoms with Gasteiger partial charge < -0.3 is 15.0 Å². The van der Waals surface area contributed by atoms with Gasteiger partial charge in [0.25, 0.3) is 0 Å². The van der Waals surface area contributed by atoms with Crippen molar-refractivity contribution in [2.75, 3.05) is 31.6 Å². The average Bonchev–Trinajstić information content (AvgIpc) is 2.89. The van der Waals surface area contributed by atoms with Crippen LogP contribution in [0.25, 0.3) is 0 Å². The van der Waals surface area contributed by atoms with Crippen LogP contribution in [-0.2, 0) is 17.8 Å². The molecule has 5 rings (SSSR count). The predicted molar refractivity (Wildman–Crippen MR) is 136 cm³/mol. The topological polar surface area (TPSA) is 44.8 Å². The van der Waals surface area contributed by atoms with Gasteiger partial charge in [0.15, 0.2) is 0 Å². The third-order valence-corrected chi connectivity index (χ3v) is 7.32. The first-order valence-electron chi connectivity index (χ1n) is 12.3. The molecule has 3 aromatic carbocycles. The summed E-state index contributed by atoms with van der Waals surface area (Å²) in [6.07, 6.45) is 0.693. The number of halogens is 1. The number of anilines is 1. The van der Waals surface area contributed by atoms with E-state index in [0.717, 1.165) is 48.7 Å². The molecule has 2 aliphatic rings. The number of carbonyl (C=O) groups excluding carboxylic acids is 1. The fourth-order valence-electron chi connectivity index (χ4n) is 5.40. The van der Waals surface area contributed by atoms with Crippen LogP contribution < -0.4 is 15.0 Å². The van der Waals surface area contributed by atoms with Crippen LogP contribution in [-0.4, -0.2) is 43.6 Å². The van der Waals surface area contributed by atoms with Crippen LogP contribution in [0, 0.1) is 11.7 Å². The normalized spacial score (nSPS) is 20.5. The van der Waals surface area contributed by atoms with Crippen molar-refractivity contribution in [2.45, 2.75) is 32.0 Å². The van der Waals surface area contributed by atoms with Gasteiger partial charge in [-0.15, -0.1) is 0 Å². The largest absolute Gasteiger partial charge is 0.497 e. The molecule has 0 spiro atoms. The van der Waals surface area contributed by atoms with Crippen molar-refractivity contribution < 1.29 is 13.9 Å². The maximum absolute atomic E-state index is 13.6. The Bertz CT molecular complexity index is 1170. The van der Waals surface area contributed by atoms with Gasteiger partial charge in [-0.25, -0.2) is 4.39 Å². The van der Waals surface area contributed by atoms with Crippen LogP contribution in [0.5, 0.6) is 5.75 Å². The highest BCUT2D eigenvalue weighted by atomic mass is 19.1. The number of hydrogen-bond acceptors (Lipinski definition) is 4. The summed E-state index contributed by atoms with van der Waals surface area (Å²) in [4.78, 5) is 18.4. The lowest BCUT2D eigenvalue weighted by Gasteiger charge is -2.49. The van der Waals surface area contributed by atoms with Gasteiger partial charge in [-0.3, -0.25) is 9.69 Å². The van der Waals surface area contributed by atoms with Crippen LogP contribution in [0.3, 0.4) is 0 Å². The molecule has 0 saturated carbocycles. The highest BCUT2D eigenvalue weighted by Crippen LogP contribution is 2.38. The predicted octanol–water partition coefficient (Wildman–Crippen LogP) is 4.57. The molecule has 1 amide bonds. The maximum Gasteiger partial charge on any atom is 0.226 e. The molecule has 1 fully saturated rings. The summed E-state index contributed by atoms with van der Waals surface area (Å²) in [6.45, 7) is 5.24. The van der Waals surface area contributed by atoms with Gasteiger partial charge >= 0.3 is 0 Å². The molecule has 1 saturated heterocycles. The number of fused-ring (bicyclic) bond motifs is 3. The lowest BCUT2D eigenvalue weighted by molar-refractivity contribution is -0.126. The Balaban J connectivity index is 1.39. The summed E-state index contributed by atoms with van der Waals surface area (Å²) >= 11 is 0. The molecule has 0 aromatic heterocycles. The quantitative estimate of drug-likeness (QED) is 0.570. The van der Waals surface area contributed by atoms with Crippen molar-refractivity contribution in [3.8, 4) is 5.75 Å². The summed E-state index contributed by atoms with van der Waals surface area (Å²) in [7, 11) is 1.68. The maximum atomic E-state index is 13.6. The molecule has 3 atom stereocenters. The van der Waals surface area contributed by atoms with E-state index in [-0.39, 0.29) is 29.7 Å². The Kier molecular flexibility index (Phi) is 6.73. The van der Waals surface area contributed by atoms with Crippen LogP contribution in [0.2, 0.25) is 0 Å².